The van der Waals surface area contributed by atoms with Gasteiger partial charge in [0, 0.05) is 62.5 Å². The second kappa shape index (κ2) is 9.67. The van der Waals surface area contributed by atoms with Gasteiger partial charge in [0.2, 0.25) is 17.6 Å². The number of nitrogens with zero attached hydrogens (tertiary/aromatic N) is 4. The zero-order valence-electron chi connectivity index (χ0n) is 17.2. The number of nitrogens with one attached hydrogen (secondary N) is 1. The van der Waals surface area contributed by atoms with E-state index in [9.17, 15) is 4.79 Å². The topological polar surface area (TPSA) is 95.1 Å². The van der Waals surface area contributed by atoms with Crippen molar-refractivity contribution in [1.29, 1.82) is 0 Å². The predicted octanol–water partition coefficient (Wildman–Crippen LogP) is 2.88. The summed E-state index contributed by atoms with van der Waals surface area (Å²) in [4.78, 5) is 21.2. The Morgan fingerprint density at radius 1 is 1.23 bits per heavy atom. The van der Waals surface area contributed by atoms with Crippen LogP contribution in [0.3, 0.4) is 0 Å². The van der Waals surface area contributed by atoms with E-state index in [0.29, 0.717) is 43.6 Å². The third-order valence-electron chi connectivity index (χ3n) is 5.40. The first-order valence-corrected chi connectivity index (χ1v) is 10.4. The lowest BCUT2D eigenvalue weighted by molar-refractivity contribution is -0.121. The van der Waals surface area contributed by atoms with Crippen LogP contribution in [0.2, 0.25) is 0 Å². The second-order valence-electron chi connectivity index (χ2n) is 7.52. The fourth-order valence-corrected chi connectivity index (χ4v) is 3.73. The summed E-state index contributed by atoms with van der Waals surface area (Å²) in [5.74, 6) is 2.52. The number of amides is 1. The maximum absolute atomic E-state index is 12.3. The van der Waals surface area contributed by atoms with Gasteiger partial charge in [0.15, 0.2) is 0 Å². The summed E-state index contributed by atoms with van der Waals surface area (Å²) in [6.45, 7) is 4.90. The maximum atomic E-state index is 12.3. The van der Waals surface area contributed by atoms with Crippen molar-refractivity contribution in [2.24, 2.45) is 0 Å². The SMILES string of the molecule is Cc1cnc(C2CCOCC2)n1CCNC(=O)CCc1nc(-c2ccccc2)no1. The summed E-state index contributed by atoms with van der Waals surface area (Å²) in [5, 5.41) is 6.97. The maximum Gasteiger partial charge on any atom is 0.227 e. The number of aryl methyl sites for hydroxylation is 2. The van der Waals surface area contributed by atoms with Gasteiger partial charge in [0.1, 0.15) is 5.82 Å². The minimum Gasteiger partial charge on any atom is -0.381 e. The molecule has 0 aliphatic carbocycles. The number of carbonyl (C=O) groups excluding carboxylic acids is 1. The molecule has 8 heteroatoms. The van der Waals surface area contributed by atoms with Gasteiger partial charge in [-0.15, -0.1) is 0 Å². The van der Waals surface area contributed by atoms with Crippen molar-refractivity contribution in [3.8, 4) is 11.4 Å². The van der Waals surface area contributed by atoms with Crippen molar-refractivity contribution in [2.75, 3.05) is 19.8 Å². The fourth-order valence-electron chi connectivity index (χ4n) is 3.73. The number of ether oxygens (including phenoxy) is 1. The van der Waals surface area contributed by atoms with E-state index in [1.54, 1.807) is 0 Å². The average Bonchev–Trinajstić information content (AvgIpc) is 3.41. The van der Waals surface area contributed by atoms with Crippen LogP contribution in [0.15, 0.2) is 41.1 Å². The van der Waals surface area contributed by atoms with Crippen molar-refractivity contribution < 1.29 is 14.1 Å². The molecule has 1 saturated heterocycles. The lowest BCUT2D eigenvalue weighted by Gasteiger charge is -2.23. The van der Waals surface area contributed by atoms with E-state index >= 15 is 0 Å². The van der Waals surface area contributed by atoms with E-state index in [1.165, 1.54) is 0 Å². The van der Waals surface area contributed by atoms with Crippen LogP contribution in [0, 0.1) is 6.92 Å². The van der Waals surface area contributed by atoms with Crippen molar-refractivity contribution in [2.45, 2.75) is 45.1 Å². The molecule has 1 amide bonds. The van der Waals surface area contributed by atoms with Crippen LogP contribution in [-0.4, -0.2) is 45.4 Å². The highest BCUT2D eigenvalue weighted by Gasteiger charge is 2.21. The molecular weight excluding hydrogens is 382 g/mol. The minimum atomic E-state index is -0.0279. The molecule has 1 aromatic carbocycles. The van der Waals surface area contributed by atoms with Crippen LogP contribution in [-0.2, 0) is 22.5 Å². The molecule has 1 fully saturated rings. The molecular formula is C22H27N5O3. The van der Waals surface area contributed by atoms with Crippen molar-refractivity contribution in [1.82, 2.24) is 25.0 Å². The van der Waals surface area contributed by atoms with E-state index in [0.717, 1.165) is 43.1 Å². The molecule has 4 rings (SSSR count). The summed E-state index contributed by atoms with van der Waals surface area (Å²) in [5.41, 5.74) is 2.01. The number of aromatic nitrogens is 4. The molecule has 0 saturated carbocycles. The van der Waals surface area contributed by atoms with E-state index in [1.807, 2.05) is 36.5 Å². The smallest absolute Gasteiger partial charge is 0.227 e. The number of hydrogen-bond acceptors (Lipinski definition) is 6. The number of rotatable bonds is 8. The zero-order valence-corrected chi connectivity index (χ0v) is 17.2. The Morgan fingerprint density at radius 3 is 2.83 bits per heavy atom. The molecule has 3 heterocycles. The Bertz CT molecular complexity index is 960. The van der Waals surface area contributed by atoms with Crippen molar-refractivity contribution >= 4 is 5.91 Å². The number of benzene rings is 1. The van der Waals surface area contributed by atoms with Gasteiger partial charge < -0.3 is 19.1 Å². The van der Waals surface area contributed by atoms with Gasteiger partial charge >= 0.3 is 0 Å². The summed E-state index contributed by atoms with van der Waals surface area (Å²) in [7, 11) is 0. The first-order chi connectivity index (χ1) is 14.7. The molecule has 0 radical (unpaired) electrons. The molecule has 1 aliphatic rings. The highest BCUT2D eigenvalue weighted by atomic mass is 16.5. The number of hydrogen-bond donors (Lipinski definition) is 1. The average molecular weight is 409 g/mol. The highest BCUT2D eigenvalue weighted by Crippen LogP contribution is 2.26. The van der Waals surface area contributed by atoms with Gasteiger partial charge in [-0.2, -0.15) is 4.98 Å². The number of carbonyl (C=O) groups is 1. The lowest BCUT2D eigenvalue weighted by Crippen LogP contribution is -2.29. The van der Waals surface area contributed by atoms with Gasteiger partial charge in [-0.1, -0.05) is 35.5 Å². The molecule has 0 bridgehead atoms. The standard InChI is InChI=1S/C22H27N5O3/c1-16-15-24-22(18-9-13-29-14-10-18)27(16)12-11-23-19(28)7-8-20-25-21(26-30-20)17-5-3-2-4-6-17/h2-6,15,18H,7-14H2,1H3,(H,23,28). The molecule has 158 valence electrons. The molecule has 30 heavy (non-hydrogen) atoms. The molecule has 1 N–H and O–H groups in total. The number of imidazole rings is 1. The van der Waals surface area contributed by atoms with Gasteiger partial charge in [-0.25, -0.2) is 4.98 Å². The Hall–Kier alpha value is -3.00. The monoisotopic (exact) mass is 409 g/mol. The summed E-state index contributed by atoms with van der Waals surface area (Å²) in [6.07, 6.45) is 4.64. The quantitative estimate of drug-likeness (QED) is 0.615. The first kappa shape index (κ1) is 20.3. The molecule has 0 unspecified atom stereocenters. The third-order valence-corrected chi connectivity index (χ3v) is 5.40. The normalized spacial score (nSPS) is 14.7. The Morgan fingerprint density at radius 2 is 2.03 bits per heavy atom. The van der Waals surface area contributed by atoms with E-state index in [-0.39, 0.29) is 5.91 Å². The minimum absolute atomic E-state index is 0.0279. The lowest BCUT2D eigenvalue weighted by atomic mass is 9.99. The Balaban J connectivity index is 1.24. The molecule has 3 aromatic rings. The van der Waals surface area contributed by atoms with Crippen LogP contribution in [0.1, 0.15) is 42.6 Å². The largest absolute Gasteiger partial charge is 0.381 e. The van der Waals surface area contributed by atoms with Crippen molar-refractivity contribution in [3.05, 3.63) is 53.9 Å². The molecule has 1 aliphatic heterocycles. The van der Waals surface area contributed by atoms with Crippen LogP contribution >= 0.6 is 0 Å². The summed E-state index contributed by atoms with van der Waals surface area (Å²) >= 11 is 0. The van der Waals surface area contributed by atoms with E-state index in [4.69, 9.17) is 9.26 Å². The van der Waals surface area contributed by atoms with Gasteiger partial charge in [-0.05, 0) is 19.8 Å². The van der Waals surface area contributed by atoms with Gasteiger partial charge in [0.25, 0.3) is 0 Å². The molecule has 0 atom stereocenters. The molecule has 8 nitrogen and oxygen atoms in total. The third kappa shape index (κ3) is 4.94. The molecule has 0 spiro atoms. The summed E-state index contributed by atoms with van der Waals surface area (Å²) in [6, 6.07) is 9.64. The van der Waals surface area contributed by atoms with Gasteiger partial charge in [-0.3, -0.25) is 4.79 Å². The molecule has 2 aromatic heterocycles. The van der Waals surface area contributed by atoms with E-state index in [2.05, 4.69) is 31.9 Å². The second-order valence-corrected chi connectivity index (χ2v) is 7.52. The Labute approximate surface area is 175 Å². The van der Waals surface area contributed by atoms with Crippen LogP contribution in [0.25, 0.3) is 11.4 Å². The van der Waals surface area contributed by atoms with Crippen LogP contribution in [0.4, 0.5) is 0 Å². The summed E-state index contributed by atoms with van der Waals surface area (Å²) < 4.78 is 12.9. The fraction of sp³-hybridized carbons (Fsp3) is 0.455. The van der Waals surface area contributed by atoms with Crippen LogP contribution < -0.4 is 5.32 Å². The van der Waals surface area contributed by atoms with E-state index < -0.39 is 0 Å². The first-order valence-electron chi connectivity index (χ1n) is 10.4. The predicted molar refractivity (Wildman–Crippen MR) is 111 cm³/mol. The highest BCUT2D eigenvalue weighted by molar-refractivity contribution is 5.76. The van der Waals surface area contributed by atoms with Gasteiger partial charge in [0.05, 0.1) is 0 Å². The van der Waals surface area contributed by atoms with Crippen LogP contribution in [0.5, 0.6) is 0 Å². The zero-order chi connectivity index (χ0) is 20.8. The van der Waals surface area contributed by atoms with Crippen molar-refractivity contribution in [3.63, 3.8) is 0 Å². The Kier molecular flexibility index (Phi) is 6.53.